The molecule has 0 aromatic carbocycles. The van der Waals surface area contributed by atoms with E-state index in [9.17, 15) is 0 Å². The molecule has 3 aliphatic rings. The molecule has 3 rings (SSSR count). The summed E-state index contributed by atoms with van der Waals surface area (Å²) in [6.45, 7) is 4.24. The van der Waals surface area contributed by atoms with Crippen LogP contribution in [0.3, 0.4) is 0 Å². The molecule has 0 spiro atoms. The van der Waals surface area contributed by atoms with Gasteiger partial charge in [0.05, 0.1) is 26.2 Å². The van der Waals surface area contributed by atoms with Gasteiger partial charge in [0.2, 0.25) is 0 Å². The Kier molecular flexibility index (Phi) is 0.688. The van der Waals surface area contributed by atoms with Crippen LogP contribution in [0.5, 0.6) is 0 Å². The first kappa shape index (κ1) is 4.12. The summed E-state index contributed by atoms with van der Waals surface area (Å²) in [5.74, 6) is 0. The third-order valence-electron chi connectivity index (χ3n) is 1.53. The predicted octanol–water partition coefficient (Wildman–Crippen LogP) is -0.100. The molecule has 4 heteroatoms. The Balaban J connectivity index is 2.20. The smallest absolute Gasteiger partial charge is 0.0571 e. The van der Waals surface area contributed by atoms with Gasteiger partial charge in [0.1, 0.15) is 0 Å². The van der Waals surface area contributed by atoms with Crippen molar-refractivity contribution in [1.29, 1.82) is 0 Å². The van der Waals surface area contributed by atoms with Gasteiger partial charge in [0.25, 0.3) is 0 Å². The van der Waals surface area contributed by atoms with Crippen LogP contribution in [0.4, 0.5) is 0 Å². The van der Waals surface area contributed by atoms with Gasteiger partial charge in [0, 0.05) is 0 Å². The third kappa shape index (κ3) is 0.455. The molecule has 8 heavy (non-hydrogen) atoms. The highest BCUT2D eigenvalue weighted by atomic mass is 15.7. The first-order valence-electron chi connectivity index (χ1n) is 2.86. The average molecular weight is 112 g/mol. The molecule has 0 aliphatic carbocycles. The van der Waals surface area contributed by atoms with Crippen molar-refractivity contribution in [3.63, 3.8) is 0 Å². The number of hydrogen-bond acceptors (Lipinski definition) is 4. The van der Waals surface area contributed by atoms with Crippen molar-refractivity contribution in [2.45, 2.75) is 0 Å². The quantitative estimate of drug-likeness (QED) is 0.438. The Morgan fingerprint density at radius 3 is 1.25 bits per heavy atom. The van der Waals surface area contributed by atoms with Crippen molar-refractivity contribution >= 4 is 0 Å². The van der Waals surface area contributed by atoms with Crippen molar-refractivity contribution in [2.24, 2.45) is 10.4 Å². The van der Waals surface area contributed by atoms with Crippen LogP contribution in [0.1, 0.15) is 0 Å². The zero-order valence-corrected chi connectivity index (χ0v) is 4.62. The van der Waals surface area contributed by atoms with E-state index >= 15 is 0 Å². The molecule has 1 fully saturated rings. The molecule has 1 saturated heterocycles. The molecule has 0 aromatic heterocycles. The summed E-state index contributed by atoms with van der Waals surface area (Å²) < 4.78 is 0. The second-order valence-electron chi connectivity index (χ2n) is 2.09. The molecular formula is C4H8N4. The van der Waals surface area contributed by atoms with E-state index in [1.807, 2.05) is 10.0 Å². The van der Waals surface area contributed by atoms with Gasteiger partial charge in [-0.3, -0.25) is 10.0 Å². The highest BCUT2D eigenvalue weighted by Gasteiger charge is 2.18. The van der Waals surface area contributed by atoms with Crippen LogP contribution in [-0.4, -0.2) is 36.2 Å². The van der Waals surface area contributed by atoms with Crippen molar-refractivity contribution < 1.29 is 0 Å². The lowest BCUT2D eigenvalue weighted by molar-refractivity contribution is 0.0591. The zero-order valence-electron chi connectivity index (χ0n) is 4.62. The largest absolute Gasteiger partial charge is 0.273 e. The van der Waals surface area contributed by atoms with Crippen molar-refractivity contribution in [3.8, 4) is 0 Å². The molecule has 3 heterocycles. The van der Waals surface area contributed by atoms with Crippen LogP contribution >= 0.6 is 0 Å². The van der Waals surface area contributed by atoms with E-state index in [0.717, 1.165) is 26.2 Å². The lowest BCUT2D eigenvalue weighted by Crippen LogP contribution is -2.45. The minimum Gasteiger partial charge on any atom is -0.273 e. The average Bonchev–Trinajstić information content (AvgIpc) is 1.92. The molecule has 0 unspecified atom stereocenters. The van der Waals surface area contributed by atoms with E-state index in [2.05, 4.69) is 10.4 Å². The van der Waals surface area contributed by atoms with Crippen molar-refractivity contribution in [2.75, 3.05) is 26.2 Å². The molecule has 4 nitrogen and oxygen atoms in total. The van der Waals surface area contributed by atoms with Crippen molar-refractivity contribution in [3.05, 3.63) is 0 Å². The van der Waals surface area contributed by atoms with Gasteiger partial charge in [-0.25, -0.2) is 0 Å². The van der Waals surface area contributed by atoms with E-state index in [1.54, 1.807) is 0 Å². The lowest BCUT2D eigenvalue weighted by Gasteiger charge is -2.34. The Morgan fingerprint density at radius 2 is 1.12 bits per heavy atom. The molecule has 3 aliphatic heterocycles. The molecule has 0 atom stereocenters. The van der Waals surface area contributed by atoms with Gasteiger partial charge < -0.3 is 0 Å². The molecule has 2 bridgehead atoms. The molecule has 0 aromatic rings. The second-order valence-corrected chi connectivity index (χ2v) is 2.09. The molecule has 0 N–H and O–H groups in total. The van der Waals surface area contributed by atoms with Crippen LogP contribution in [0, 0.1) is 0 Å². The summed E-state index contributed by atoms with van der Waals surface area (Å²) >= 11 is 0. The fourth-order valence-corrected chi connectivity index (χ4v) is 0.977. The van der Waals surface area contributed by atoms with Crippen LogP contribution in [0.2, 0.25) is 0 Å². The Labute approximate surface area is 47.7 Å². The molecule has 0 radical (unpaired) electrons. The van der Waals surface area contributed by atoms with Gasteiger partial charge in [-0.05, 0) is 0 Å². The maximum absolute atomic E-state index is 3.88. The highest BCUT2D eigenvalue weighted by molar-refractivity contribution is 4.67. The first-order chi connectivity index (χ1) is 3.95. The number of hydrogen-bond donors (Lipinski definition) is 0. The number of rotatable bonds is 0. The lowest BCUT2D eigenvalue weighted by atomic mass is 10.4. The minimum atomic E-state index is 1.06. The van der Waals surface area contributed by atoms with E-state index < -0.39 is 0 Å². The van der Waals surface area contributed by atoms with E-state index in [-0.39, 0.29) is 0 Å². The predicted molar refractivity (Wildman–Crippen MR) is 28.0 cm³/mol. The molecular weight excluding hydrogens is 104 g/mol. The maximum atomic E-state index is 3.88. The minimum absolute atomic E-state index is 1.06. The van der Waals surface area contributed by atoms with Gasteiger partial charge in [-0.1, -0.05) is 10.4 Å². The third-order valence-corrected chi connectivity index (χ3v) is 1.53. The topological polar surface area (TPSA) is 31.2 Å². The Morgan fingerprint density at radius 1 is 0.750 bits per heavy atom. The standard InChI is InChI=1S/C4H8N4/c1-2-8-4-3-7(1)5-6-8/h1-4H2. The zero-order chi connectivity index (χ0) is 5.40. The normalized spacial score (nSPS) is 25.0. The number of nitrogens with zero attached hydrogens (tertiary/aromatic N) is 4. The summed E-state index contributed by atoms with van der Waals surface area (Å²) in [5, 5.41) is 11.8. The summed E-state index contributed by atoms with van der Waals surface area (Å²) in [7, 11) is 0. The summed E-state index contributed by atoms with van der Waals surface area (Å²) in [6, 6.07) is 0. The second kappa shape index (κ2) is 1.34. The number of fused-ring (bicyclic) bond motifs is 2. The van der Waals surface area contributed by atoms with Crippen LogP contribution in [0.15, 0.2) is 10.4 Å². The first-order valence-corrected chi connectivity index (χ1v) is 2.86. The van der Waals surface area contributed by atoms with E-state index in [0.29, 0.717) is 0 Å². The van der Waals surface area contributed by atoms with Gasteiger partial charge in [0.15, 0.2) is 0 Å². The fourth-order valence-electron chi connectivity index (χ4n) is 0.977. The summed E-state index contributed by atoms with van der Waals surface area (Å²) in [5.41, 5.74) is 0. The van der Waals surface area contributed by atoms with E-state index in [1.165, 1.54) is 0 Å². The van der Waals surface area contributed by atoms with Gasteiger partial charge >= 0.3 is 0 Å². The van der Waals surface area contributed by atoms with Gasteiger partial charge in [-0.15, -0.1) is 0 Å². The van der Waals surface area contributed by atoms with E-state index in [4.69, 9.17) is 0 Å². The SMILES string of the molecule is C1CN2CCN1N=N2. The molecule has 44 valence electrons. The van der Waals surface area contributed by atoms with Crippen LogP contribution in [0.25, 0.3) is 0 Å². The molecule has 0 amide bonds. The Bertz CT molecular complexity index is 99.2. The summed E-state index contributed by atoms with van der Waals surface area (Å²) in [6.07, 6.45) is 0. The monoisotopic (exact) mass is 112 g/mol. The molecule has 0 saturated carbocycles. The summed E-state index contributed by atoms with van der Waals surface area (Å²) in [4.78, 5) is 0. The van der Waals surface area contributed by atoms with Crippen molar-refractivity contribution in [1.82, 2.24) is 10.0 Å². The van der Waals surface area contributed by atoms with Crippen LogP contribution in [-0.2, 0) is 0 Å². The fraction of sp³-hybridized carbons (Fsp3) is 1.00. The van der Waals surface area contributed by atoms with Crippen LogP contribution < -0.4 is 0 Å². The van der Waals surface area contributed by atoms with Gasteiger partial charge in [-0.2, -0.15) is 0 Å². The Hall–Kier alpha value is -0.800. The highest BCUT2D eigenvalue weighted by Crippen LogP contribution is 2.08. The maximum Gasteiger partial charge on any atom is 0.0571 e. The number of piperazine rings is 1.